The van der Waals surface area contributed by atoms with Crippen LogP contribution in [0.25, 0.3) is 0 Å². The van der Waals surface area contributed by atoms with Crippen LogP contribution >= 0.6 is 0 Å². The average Bonchev–Trinajstić information content (AvgIpc) is 3.63. The molecule has 5 N–H and O–H groups in total. The van der Waals surface area contributed by atoms with Crippen molar-refractivity contribution in [3.05, 3.63) is 30.3 Å². The number of likely N-dealkylation sites (tertiary alicyclic amines) is 1. The minimum Gasteiger partial charge on any atom is -0.378 e. The first-order chi connectivity index (χ1) is 22.8. The van der Waals surface area contributed by atoms with Crippen molar-refractivity contribution in [1.82, 2.24) is 15.1 Å². The normalized spacial score (nSPS) is 15.8. The smallest absolute Gasteiger partial charge is 0.0972 e. The lowest BCUT2D eigenvalue weighted by atomic mass is 9.95. The first-order valence-corrected chi connectivity index (χ1v) is 17.3. The maximum absolute atomic E-state index is 7.26. The van der Waals surface area contributed by atoms with E-state index in [-0.39, 0.29) is 0 Å². The molecule has 1 saturated carbocycles. The largest absolute Gasteiger partial charge is 0.378 e. The van der Waals surface area contributed by atoms with Crippen molar-refractivity contribution in [1.29, 1.82) is 16.2 Å². The maximum atomic E-state index is 7.26. The van der Waals surface area contributed by atoms with E-state index in [1.807, 2.05) is 83.8 Å². The number of benzene rings is 1. The Hall–Kier alpha value is -3.60. The Morgan fingerprint density at radius 3 is 1.44 bits per heavy atom. The molecule has 0 amide bonds. The van der Waals surface area contributed by atoms with E-state index in [0.717, 1.165) is 68.3 Å². The van der Waals surface area contributed by atoms with Gasteiger partial charge in [-0.15, -0.1) is 0 Å². The quantitative estimate of drug-likeness (QED) is 0.162. The fourth-order valence-electron chi connectivity index (χ4n) is 4.34. The zero-order chi connectivity index (χ0) is 36.7. The lowest BCUT2D eigenvalue weighted by Gasteiger charge is -2.27. The van der Waals surface area contributed by atoms with Gasteiger partial charge in [-0.2, -0.15) is 0 Å². The van der Waals surface area contributed by atoms with Gasteiger partial charge in [0, 0.05) is 70.5 Å². The molecule has 3 aliphatic rings. The Kier molecular flexibility index (Phi) is 29.8. The van der Waals surface area contributed by atoms with Gasteiger partial charge in [-0.25, -0.2) is 0 Å². The fraction of sp³-hybridized carbons (Fsp3) is 0.676. The summed E-state index contributed by atoms with van der Waals surface area (Å²) in [5, 5.41) is 27.5. The van der Waals surface area contributed by atoms with Crippen LogP contribution in [0.4, 0.5) is 5.69 Å². The molecule has 1 aromatic rings. The molecule has 274 valence electrons. The van der Waals surface area contributed by atoms with Crippen LogP contribution in [0.3, 0.4) is 0 Å². The van der Waals surface area contributed by atoms with Crippen molar-refractivity contribution in [2.75, 3.05) is 65.9 Å². The van der Waals surface area contributed by atoms with Crippen molar-refractivity contribution in [3.8, 4) is 0 Å². The molecule has 0 unspecified atom stereocenters. The molecule has 0 bridgehead atoms. The van der Waals surface area contributed by atoms with Crippen molar-refractivity contribution in [3.63, 3.8) is 0 Å². The highest BCUT2D eigenvalue weighted by Crippen LogP contribution is 2.17. The number of nitrogens with zero attached hydrogens (tertiary/aromatic N) is 5. The first kappa shape index (κ1) is 46.5. The predicted octanol–water partition coefficient (Wildman–Crippen LogP) is 7.64. The summed E-state index contributed by atoms with van der Waals surface area (Å²) in [6.45, 7) is 20.6. The van der Waals surface area contributed by atoms with Crippen LogP contribution in [-0.2, 0) is 4.74 Å². The van der Waals surface area contributed by atoms with Crippen molar-refractivity contribution >= 4 is 40.5 Å². The molecule has 1 aliphatic carbocycles. The topological polar surface area (TPSA) is 148 Å². The van der Waals surface area contributed by atoms with Crippen molar-refractivity contribution in [2.45, 2.75) is 106 Å². The minimum absolute atomic E-state index is 0.651. The highest BCUT2D eigenvalue weighted by Gasteiger charge is 2.12. The molecule has 2 heterocycles. The molecule has 11 heteroatoms. The number of ether oxygens (including phenoxy) is 1. The second-order valence-corrected chi connectivity index (χ2v) is 12.2. The molecule has 0 aromatic heterocycles. The number of rotatable bonds is 2. The van der Waals surface area contributed by atoms with Crippen LogP contribution in [0.1, 0.15) is 100 Å². The lowest BCUT2D eigenvalue weighted by molar-refractivity contribution is 0.0675. The van der Waals surface area contributed by atoms with Gasteiger partial charge in [-0.3, -0.25) is 25.8 Å². The molecule has 1 aromatic carbocycles. The van der Waals surface area contributed by atoms with E-state index in [2.05, 4.69) is 30.5 Å². The van der Waals surface area contributed by atoms with E-state index >= 15 is 0 Å². The molecule has 3 fully saturated rings. The summed E-state index contributed by atoms with van der Waals surface area (Å²) >= 11 is 0. The summed E-state index contributed by atoms with van der Waals surface area (Å²) in [5.41, 5.74) is 2.88. The number of hydrogen-bond acceptors (Lipinski definition) is 7. The Morgan fingerprint density at radius 2 is 1.08 bits per heavy atom. The summed E-state index contributed by atoms with van der Waals surface area (Å²) in [7, 11) is 5.39. The van der Waals surface area contributed by atoms with Gasteiger partial charge in [0.1, 0.15) is 0 Å². The third-order valence-electron chi connectivity index (χ3n) is 7.30. The molecular formula is C37H70N10O. The molecule has 11 nitrogen and oxygen atoms in total. The third-order valence-corrected chi connectivity index (χ3v) is 7.30. The Bertz CT molecular complexity index is 1060. The molecule has 2 aliphatic heterocycles. The van der Waals surface area contributed by atoms with Crippen LogP contribution in [-0.4, -0.2) is 111 Å². The number of para-hydroxylation sites is 1. The monoisotopic (exact) mass is 671 g/mol. The van der Waals surface area contributed by atoms with Crippen molar-refractivity contribution < 1.29 is 4.74 Å². The number of aliphatic imine (C=N–C) groups is 3. The van der Waals surface area contributed by atoms with Gasteiger partial charge in [0.15, 0.2) is 0 Å². The van der Waals surface area contributed by atoms with Gasteiger partial charge in [-0.05, 0) is 93.2 Å². The zero-order valence-corrected chi connectivity index (χ0v) is 32.3. The van der Waals surface area contributed by atoms with Crippen LogP contribution in [0, 0.1) is 16.2 Å². The maximum Gasteiger partial charge on any atom is 0.0972 e. The fourth-order valence-corrected chi connectivity index (χ4v) is 4.34. The number of morpholine rings is 1. The Balaban J connectivity index is 0. The highest BCUT2D eigenvalue weighted by atomic mass is 16.5. The van der Waals surface area contributed by atoms with Gasteiger partial charge in [0.2, 0.25) is 0 Å². The highest BCUT2D eigenvalue weighted by molar-refractivity contribution is 5.93. The average molecular weight is 671 g/mol. The molecule has 0 atom stereocenters. The van der Waals surface area contributed by atoms with Crippen molar-refractivity contribution in [2.24, 2.45) is 15.0 Å². The third kappa shape index (κ3) is 29.8. The standard InChI is InChI=1S/C9H18N2.C9H12N2.C6H12N2O.C6H12N2.C4H9N.C3H7N/c2*1-8(10-2)11-9-6-4-3-5-7-9;1-6(7)8-2-4-9-5-3-8;1-6(7)8-4-2-3-5-8;1-4(2)5-3;1-3(2)4/h9H,3-7H2,1-2H3,(H,10,11);3-7H,1-2H3,(H,10,11);7H,2-5H2,1H3;7H,2-5H2,1H3;1-3H3;4H,1-2H3. The molecule has 48 heavy (non-hydrogen) atoms. The van der Waals surface area contributed by atoms with E-state index in [1.165, 1.54) is 44.9 Å². The van der Waals surface area contributed by atoms with E-state index in [4.69, 9.17) is 21.0 Å². The van der Waals surface area contributed by atoms with Gasteiger partial charge in [-0.1, -0.05) is 37.5 Å². The number of hydrogen-bond donors (Lipinski definition) is 5. The van der Waals surface area contributed by atoms with Gasteiger partial charge in [0.05, 0.1) is 36.6 Å². The summed E-state index contributed by atoms with van der Waals surface area (Å²) in [6.07, 6.45) is 9.38. The number of amidine groups is 4. The first-order valence-electron chi connectivity index (χ1n) is 17.3. The summed E-state index contributed by atoms with van der Waals surface area (Å²) < 4.78 is 5.11. The molecule has 0 spiro atoms. The molecular weight excluding hydrogens is 600 g/mol. The van der Waals surface area contributed by atoms with Crippen LogP contribution in [0.2, 0.25) is 0 Å². The summed E-state index contributed by atoms with van der Waals surface area (Å²) in [6, 6.07) is 10.7. The van der Waals surface area contributed by atoms with E-state index in [0.29, 0.717) is 17.6 Å². The van der Waals surface area contributed by atoms with Crippen LogP contribution in [0.5, 0.6) is 0 Å². The van der Waals surface area contributed by atoms with Gasteiger partial charge < -0.3 is 30.6 Å². The number of anilines is 1. The van der Waals surface area contributed by atoms with E-state index < -0.39 is 0 Å². The van der Waals surface area contributed by atoms with Gasteiger partial charge >= 0.3 is 0 Å². The lowest BCUT2D eigenvalue weighted by Crippen LogP contribution is -2.38. The molecule has 0 radical (unpaired) electrons. The minimum atomic E-state index is 0.651. The molecule has 2 saturated heterocycles. The predicted molar refractivity (Wildman–Crippen MR) is 212 cm³/mol. The summed E-state index contributed by atoms with van der Waals surface area (Å²) in [4.78, 5) is 16.0. The number of nitrogens with one attached hydrogen (secondary N) is 5. The second-order valence-electron chi connectivity index (χ2n) is 12.2. The van der Waals surface area contributed by atoms with E-state index in [1.54, 1.807) is 27.9 Å². The van der Waals surface area contributed by atoms with Gasteiger partial charge in [0.25, 0.3) is 0 Å². The van der Waals surface area contributed by atoms with Crippen LogP contribution in [0.15, 0.2) is 45.3 Å². The van der Waals surface area contributed by atoms with E-state index in [9.17, 15) is 0 Å². The Morgan fingerprint density at radius 1 is 0.646 bits per heavy atom. The SMILES string of the molecule is CC(=N)N1CCCC1.CC(=N)N1CCOCC1.CC(C)=N.CN=C(C)C.CN=C(C)NC1CCCCC1.CN=C(C)Nc1ccccc1. The zero-order valence-electron chi connectivity index (χ0n) is 32.3. The second kappa shape index (κ2) is 30.7. The van der Waals surface area contributed by atoms with Crippen LogP contribution < -0.4 is 10.6 Å². The molecule has 4 rings (SSSR count). The Labute approximate surface area is 293 Å². The summed E-state index contributed by atoms with van der Waals surface area (Å²) in [5.74, 6) is 3.38.